The number of carbonyl (C=O) groups excluding carboxylic acids is 1. The van der Waals surface area contributed by atoms with Gasteiger partial charge in [-0.2, -0.15) is 5.26 Å². The first-order valence-corrected chi connectivity index (χ1v) is 11.3. The van der Waals surface area contributed by atoms with Gasteiger partial charge in [-0.1, -0.05) is 66.2 Å². The lowest BCUT2D eigenvalue weighted by atomic mass is 10.1. The van der Waals surface area contributed by atoms with Gasteiger partial charge in [0.1, 0.15) is 24.0 Å². The largest absolute Gasteiger partial charge is 0.492 e. The van der Waals surface area contributed by atoms with Crippen molar-refractivity contribution < 1.29 is 9.53 Å². The van der Waals surface area contributed by atoms with Crippen molar-refractivity contribution in [1.29, 1.82) is 5.26 Å². The van der Waals surface area contributed by atoms with Crippen LogP contribution in [0.15, 0.2) is 84.4 Å². The van der Waals surface area contributed by atoms with Crippen molar-refractivity contribution in [1.82, 2.24) is 9.88 Å². The van der Waals surface area contributed by atoms with Crippen molar-refractivity contribution >= 4 is 22.9 Å². The van der Waals surface area contributed by atoms with E-state index in [-0.39, 0.29) is 11.5 Å². The number of hydrogen-bond donors (Lipinski definition) is 1. The normalized spacial score (nSPS) is 11.3. The Balaban J connectivity index is 1.56. The Kier molecular flexibility index (Phi) is 7.10. The highest BCUT2D eigenvalue weighted by Crippen LogP contribution is 2.28. The fraction of sp³-hybridized carbons (Fsp3) is 0.172. The van der Waals surface area contributed by atoms with E-state index in [2.05, 4.69) is 16.0 Å². The van der Waals surface area contributed by atoms with Crippen LogP contribution in [0.4, 0.5) is 0 Å². The van der Waals surface area contributed by atoms with E-state index in [1.165, 1.54) is 5.56 Å². The van der Waals surface area contributed by atoms with E-state index < -0.39 is 0 Å². The summed E-state index contributed by atoms with van der Waals surface area (Å²) in [6.45, 7) is 5.58. The Morgan fingerprint density at radius 1 is 1.00 bits per heavy atom. The minimum absolute atomic E-state index is 0.0813. The van der Waals surface area contributed by atoms with Crippen LogP contribution in [0.1, 0.15) is 22.4 Å². The van der Waals surface area contributed by atoms with Gasteiger partial charge in [-0.05, 0) is 43.7 Å². The summed E-state index contributed by atoms with van der Waals surface area (Å²) < 4.78 is 8.11. The number of para-hydroxylation sites is 1. The molecule has 3 aromatic carbocycles. The summed E-state index contributed by atoms with van der Waals surface area (Å²) in [5.74, 6) is 0.451. The second-order valence-electron chi connectivity index (χ2n) is 8.17. The maximum Gasteiger partial charge on any atom is 0.262 e. The molecule has 4 aromatic rings. The van der Waals surface area contributed by atoms with Crippen LogP contribution in [0.3, 0.4) is 0 Å². The number of nitrogens with zero attached hydrogens (tertiary/aromatic N) is 2. The summed E-state index contributed by atoms with van der Waals surface area (Å²) in [4.78, 5) is 12.7. The number of hydrogen-bond acceptors (Lipinski definition) is 3. The molecule has 1 heterocycles. The van der Waals surface area contributed by atoms with Crippen LogP contribution >= 0.6 is 0 Å². The van der Waals surface area contributed by atoms with E-state index in [0.717, 1.165) is 33.5 Å². The molecule has 0 saturated carbocycles. The van der Waals surface area contributed by atoms with Gasteiger partial charge in [0.15, 0.2) is 0 Å². The quantitative estimate of drug-likeness (QED) is 0.283. The lowest BCUT2D eigenvalue weighted by molar-refractivity contribution is -0.117. The second kappa shape index (κ2) is 10.5. The van der Waals surface area contributed by atoms with Crippen molar-refractivity contribution in [2.45, 2.75) is 26.9 Å². The van der Waals surface area contributed by atoms with E-state index in [4.69, 9.17) is 4.74 Å². The minimum atomic E-state index is -0.384. The van der Waals surface area contributed by atoms with E-state index >= 15 is 0 Å². The zero-order chi connectivity index (χ0) is 23.9. The number of ether oxygens (including phenoxy) is 1. The molecule has 0 aliphatic carbocycles. The second-order valence-corrected chi connectivity index (χ2v) is 8.17. The zero-order valence-corrected chi connectivity index (χ0v) is 19.4. The van der Waals surface area contributed by atoms with E-state index in [9.17, 15) is 10.1 Å². The van der Waals surface area contributed by atoms with E-state index in [1.807, 2.05) is 92.7 Å². The molecular weight excluding hydrogens is 422 g/mol. The molecule has 0 saturated heterocycles. The summed E-state index contributed by atoms with van der Waals surface area (Å²) in [5, 5.41) is 13.5. The van der Waals surface area contributed by atoms with Gasteiger partial charge in [-0.3, -0.25) is 4.79 Å². The number of benzene rings is 3. The highest BCUT2D eigenvalue weighted by Gasteiger charge is 2.16. The molecule has 4 rings (SSSR count). The van der Waals surface area contributed by atoms with Crippen LogP contribution in [-0.4, -0.2) is 17.1 Å². The number of carbonyl (C=O) groups is 1. The molecule has 0 fully saturated rings. The highest BCUT2D eigenvalue weighted by molar-refractivity contribution is 6.04. The number of fused-ring (bicyclic) bond motifs is 1. The van der Waals surface area contributed by atoms with Crippen LogP contribution < -0.4 is 10.1 Å². The van der Waals surface area contributed by atoms with Gasteiger partial charge < -0.3 is 14.6 Å². The molecule has 0 spiro atoms. The molecule has 170 valence electrons. The number of rotatable bonds is 8. The van der Waals surface area contributed by atoms with Crippen molar-refractivity contribution in [2.24, 2.45) is 0 Å². The van der Waals surface area contributed by atoms with Crippen LogP contribution in [0, 0.1) is 25.2 Å². The third-order valence-electron chi connectivity index (χ3n) is 5.83. The Bertz CT molecular complexity index is 1360. The molecule has 1 aromatic heterocycles. The molecule has 0 bridgehead atoms. The molecule has 0 unspecified atom stereocenters. The summed E-state index contributed by atoms with van der Waals surface area (Å²) in [7, 11) is 0. The van der Waals surface area contributed by atoms with Crippen LogP contribution in [0.25, 0.3) is 17.0 Å². The van der Waals surface area contributed by atoms with E-state index in [1.54, 1.807) is 6.08 Å². The van der Waals surface area contributed by atoms with Gasteiger partial charge in [0.25, 0.3) is 5.91 Å². The molecule has 1 amide bonds. The predicted octanol–water partition coefficient (Wildman–Crippen LogP) is 5.56. The topological polar surface area (TPSA) is 67.0 Å². The molecule has 0 aliphatic rings. The Morgan fingerprint density at radius 2 is 1.71 bits per heavy atom. The maximum atomic E-state index is 12.7. The smallest absolute Gasteiger partial charge is 0.262 e. The monoisotopic (exact) mass is 449 g/mol. The molecular formula is C29H27N3O2. The van der Waals surface area contributed by atoms with Crippen LogP contribution in [0.5, 0.6) is 5.75 Å². The number of amides is 1. The molecule has 5 heteroatoms. The van der Waals surface area contributed by atoms with Crippen LogP contribution in [0.2, 0.25) is 0 Å². The molecule has 5 nitrogen and oxygen atoms in total. The van der Waals surface area contributed by atoms with Gasteiger partial charge in [0.2, 0.25) is 0 Å². The van der Waals surface area contributed by atoms with Crippen molar-refractivity contribution in [3.63, 3.8) is 0 Å². The highest BCUT2D eigenvalue weighted by atomic mass is 16.5. The Labute approximate surface area is 199 Å². The average Bonchev–Trinajstić information content (AvgIpc) is 3.13. The minimum Gasteiger partial charge on any atom is -0.492 e. The first kappa shape index (κ1) is 22.9. The molecule has 1 N–H and O–H groups in total. The number of aryl methyl sites for hydroxylation is 1. The lowest BCUT2D eigenvalue weighted by Gasteiger charge is -2.11. The number of nitriles is 1. The molecule has 0 atom stereocenters. The average molecular weight is 450 g/mol. The molecule has 34 heavy (non-hydrogen) atoms. The predicted molar refractivity (Wildman–Crippen MR) is 135 cm³/mol. The summed E-state index contributed by atoms with van der Waals surface area (Å²) >= 11 is 0. The van der Waals surface area contributed by atoms with Crippen molar-refractivity contribution in [2.75, 3.05) is 6.61 Å². The lowest BCUT2D eigenvalue weighted by Crippen LogP contribution is -2.23. The standard InChI is InChI=1S/C29H27N3O2/c1-21-12-14-25(15-13-21)34-17-16-32-22(2)27(26-10-6-7-11-28(26)32)18-24(19-30)29(33)31-20-23-8-4-3-5-9-23/h3-15,18H,16-17,20H2,1-2H3,(H,31,33)/b24-18+. The van der Waals surface area contributed by atoms with Gasteiger partial charge in [-0.15, -0.1) is 0 Å². The van der Waals surface area contributed by atoms with E-state index in [0.29, 0.717) is 19.7 Å². The van der Waals surface area contributed by atoms with Gasteiger partial charge in [0.05, 0.1) is 6.54 Å². The van der Waals surface area contributed by atoms with Gasteiger partial charge >= 0.3 is 0 Å². The fourth-order valence-electron chi connectivity index (χ4n) is 3.98. The number of nitrogens with one attached hydrogen (secondary N) is 1. The molecule has 0 radical (unpaired) electrons. The van der Waals surface area contributed by atoms with Crippen molar-refractivity contribution in [3.05, 3.63) is 107 Å². The van der Waals surface area contributed by atoms with Crippen LogP contribution in [-0.2, 0) is 17.9 Å². The first-order valence-electron chi connectivity index (χ1n) is 11.3. The van der Waals surface area contributed by atoms with Crippen molar-refractivity contribution in [3.8, 4) is 11.8 Å². The van der Waals surface area contributed by atoms with Gasteiger partial charge in [-0.25, -0.2) is 0 Å². The number of aromatic nitrogens is 1. The third-order valence-corrected chi connectivity index (χ3v) is 5.83. The third kappa shape index (κ3) is 5.19. The Hall–Kier alpha value is -4.30. The summed E-state index contributed by atoms with van der Waals surface area (Å²) in [6, 6.07) is 27.7. The summed E-state index contributed by atoms with van der Waals surface area (Å²) in [6.07, 6.45) is 1.69. The molecule has 0 aliphatic heterocycles. The maximum absolute atomic E-state index is 12.7. The Morgan fingerprint density at radius 3 is 2.44 bits per heavy atom. The fourth-order valence-corrected chi connectivity index (χ4v) is 3.98. The summed E-state index contributed by atoms with van der Waals surface area (Å²) in [5.41, 5.74) is 5.15. The first-order chi connectivity index (χ1) is 16.6. The zero-order valence-electron chi connectivity index (χ0n) is 19.4. The SMILES string of the molecule is Cc1ccc(OCCn2c(C)c(/C=C(\C#N)C(=O)NCc3ccccc3)c3ccccc32)cc1. The van der Waals surface area contributed by atoms with Gasteiger partial charge in [0, 0.05) is 28.7 Å².